The fourth-order valence-corrected chi connectivity index (χ4v) is 2.22. The minimum atomic E-state index is -0.284. The van der Waals surface area contributed by atoms with Crippen molar-refractivity contribution in [3.8, 4) is 11.4 Å². The van der Waals surface area contributed by atoms with E-state index in [1.807, 2.05) is 20.0 Å². The molecule has 0 spiro atoms. The second-order valence-electron chi connectivity index (χ2n) is 3.98. The average Bonchev–Trinajstić information content (AvgIpc) is 2.28. The van der Waals surface area contributed by atoms with Crippen LogP contribution in [0.4, 0.5) is 4.39 Å². The van der Waals surface area contributed by atoms with Gasteiger partial charge in [0.1, 0.15) is 5.82 Å². The molecule has 0 amide bonds. The molecule has 0 saturated carbocycles. The highest BCUT2D eigenvalue weighted by atomic mass is 79.9. The van der Waals surface area contributed by atoms with Gasteiger partial charge in [-0.05, 0) is 54.2 Å². The van der Waals surface area contributed by atoms with E-state index in [4.69, 9.17) is 0 Å². The van der Waals surface area contributed by atoms with E-state index in [2.05, 4.69) is 31.2 Å². The summed E-state index contributed by atoms with van der Waals surface area (Å²) in [7, 11) is 1.87. The Morgan fingerprint density at radius 2 is 2.06 bits per heavy atom. The third-order valence-electron chi connectivity index (χ3n) is 2.44. The number of aryl methyl sites for hydroxylation is 1. The number of aromatic nitrogens is 2. The molecule has 0 radical (unpaired) electrons. The lowest BCUT2D eigenvalue weighted by atomic mass is 10.2. The predicted molar refractivity (Wildman–Crippen MR) is 72.6 cm³/mol. The third-order valence-corrected chi connectivity index (χ3v) is 3.09. The second-order valence-corrected chi connectivity index (χ2v) is 4.83. The standard InChI is InChI=1S/C13H13BrFN3/c1-8-5-10(7-16-2)18-13(17-8)11-4-3-9(15)6-12(11)14/h3-6,16H,7H2,1-2H3. The molecule has 0 aliphatic carbocycles. The maximum Gasteiger partial charge on any atom is 0.160 e. The Bertz CT molecular complexity index is 572. The molecule has 0 aliphatic rings. The molecule has 1 heterocycles. The number of rotatable bonds is 3. The number of hydrogen-bond donors (Lipinski definition) is 1. The van der Waals surface area contributed by atoms with E-state index in [9.17, 15) is 4.39 Å². The van der Waals surface area contributed by atoms with Crippen molar-refractivity contribution in [1.29, 1.82) is 0 Å². The molecule has 2 rings (SSSR count). The Hall–Kier alpha value is -1.33. The van der Waals surface area contributed by atoms with Gasteiger partial charge in [-0.3, -0.25) is 0 Å². The van der Waals surface area contributed by atoms with Crippen molar-refractivity contribution < 1.29 is 4.39 Å². The monoisotopic (exact) mass is 309 g/mol. The van der Waals surface area contributed by atoms with E-state index in [1.54, 1.807) is 6.07 Å². The van der Waals surface area contributed by atoms with Gasteiger partial charge in [0.25, 0.3) is 0 Å². The van der Waals surface area contributed by atoms with Crippen LogP contribution in [0.25, 0.3) is 11.4 Å². The van der Waals surface area contributed by atoms with Crippen molar-refractivity contribution in [3.05, 3.63) is 45.9 Å². The molecule has 5 heteroatoms. The molecule has 0 atom stereocenters. The quantitative estimate of drug-likeness (QED) is 0.947. The van der Waals surface area contributed by atoms with Crippen LogP contribution >= 0.6 is 15.9 Å². The molecule has 94 valence electrons. The molecule has 0 saturated heterocycles. The van der Waals surface area contributed by atoms with Gasteiger partial charge in [0.15, 0.2) is 5.82 Å². The normalized spacial score (nSPS) is 10.7. The Morgan fingerprint density at radius 3 is 2.72 bits per heavy atom. The molecule has 1 N–H and O–H groups in total. The predicted octanol–water partition coefficient (Wildman–Crippen LogP) is 3.07. The molecule has 0 aliphatic heterocycles. The van der Waals surface area contributed by atoms with Gasteiger partial charge in [0, 0.05) is 22.3 Å². The maximum atomic E-state index is 13.1. The van der Waals surface area contributed by atoms with Crippen LogP contribution in [0.5, 0.6) is 0 Å². The maximum absolute atomic E-state index is 13.1. The zero-order valence-electron chi connectivity index (χ0n) is 10.2. The third kappa shape index (κ3) is 2.91. The number of nitrogens with one attached hydrogen (secondary N) is 1. The molecule has 18 heavy (non-hydrogen) atoms. The van der Waals surface area contributed by atoms with Gasteiger partial charge in [0.05, 0.1) is 5.69 Å². The zero-order chi connectivity index (χ0) is 13.1. The average molecular weight is 310 g/mol. The van der Waals surface area contributed by atoms with Crippen molar-refractivity contribution in [1.82, 2.24) is 15.3 Å². The number of halogens is 2. The van der Waals surface area contributed by atoms with E-state index in [1.165, 1.54) is 12.1 Å². The van der Waals surface area contributed by atoms with Crippen molar-refractivity contribution >= 4 is 15.9 Å². The molecule has 3 nitrogen and oxygen atoms in total. The van der Waals surface area contributed by atoms with Crippen LogP contribution < -0.4 is 5.32 Å². The Morgan fingerprint density at radius 1 is 1.28 bits per heavy atom. The van der Waals surface area contributed by atoms with Gasteiger partial charge < -0.3 is 5.32 Å². The molecule has 1 aromatic heterocycles. The lowest BCUT2D eigenvalue weighted by Crippen LogP contribution is -2.08. The van der Waals surface area contributed by atoms with Crippen LogP contribution in [0.15, 0.2) is 28.7 Å². The molecule has 0 fully saturated rings. The van der Waals surface area contributed by atoms with Crippen LogP contribution in [0.2, 0.25) is 0 Å². The summed E-state index contributed by atoms with van der Waals surface area (Å²) >= 11 is 3.34. The minimum Gasteiger partial charge on any atom is -0.314 e. The number of benzene rings is 1. The lowest BCUT2D eigenvalue weighted by Gasteiger charge is -2.07. The van der Waals surface area contributed by atoms with Crippen LogP contribution in [-0.2, 0) is 6.54 Å². The van der Waals surface area contributed by atoms with Gasteiger partial charge in [-0.15, -0.1) is 0 Å². The van der Waals surface area contributed by atoms with Crippen LogP contribution in [0.3, 0.4) is 0 Å². The molecule has 1 aromatic carbocycles. The van der Waals surface area contributed by atoms with Crippen molar-refractivity contribution in [2.45, 2.75) is 13.5 Å². The first-order chi connectivity index (χ1) is 8.60. The van der Waals surface area contributed by atoms with Crippen LogP contribution in [-0.4, -0.2) is 17.0 Å². The summed E-state index contributed by atoms with van der Waals surface area (Å²) in [6.45, 7) is 2.59. The molecule has 0 bridgehead atoms. The Kier molecular flexibility index (Phi) is 4.04. The molecule has 2 aromatic rings. The molecular formula is C13H13BrFN3. The first-order valence-corrected chi connectivity index (χ1v) is 6.34. The van der Waals surface area contributed by atoms with Gasteiger partial charge in [-0.2, -0.15) is 0 Å². The highest BCUT2D eigenvalue weighted by Gasteiger charge is 2.09. The molecular weight excluding hydrogens is 297 g/mol. The van der Waals surface area contributed by atoms with Gasteiger partial charge in [-0.25, -0.2) is 14.4 Å². The highest BCUT2D eigenvalue weighted by molar-refractivity contribution is 9.10. The summed E-state index contributed by atoms with van der Waals surface area (Å²) in [5.74, 6) is 0.320. The Balaban J connectivity index is 2.49. The van der Waals surface area contributed by atoms with Gasteiger partial charge in [-0.1, -0.05) is 0 Å². The smallest absolute Gasteiger partial charge is 0.160 e. The summed E-state index contributed by atoms with van der Waals surface area (Å²) in [5.41, 5.74) is 2.59. The largest absolute Gasteiger partial charge is 0.314 e. The molecule has 0 unspecified atom stereocenters. The van der Waals surface area contributed by atoms with E-state index in [0.717, 1.165) is 17.0 Å². The SMILES string of the molecule is CNCc1cc(C)nc(-c2ccc(F)cc2Br)n1. The van der Waals surface area contributed by atoms with E-state index < -0.39 is 0 Å². The lowest BCUT2D eigenvalue weighted by molar-refractivity contribution is 0.627. The van der Waals surface area contributed by atoms with E-state index in [-0.39, 0.29) is 5.82 Å². The second kappa shape index (κ2) is 5.54. The summed E-state index contributed by atoms with van der Waals surface area (Å²) in [6.07, 6.45) is 0. The topological polar surface area (TPSA) is 37.8 Å². The zero-order valence-corrected chi connectivity index (χ0v) is 11.8. The number of nitrogens with zero attached hydrogens (tertiary/aromatic N) is 2. The Labute approximate surface area is 114 Å². The summed E-state index contributed by atoms with van der Waals surface area (Å²) in [4.78, 5) is 8.84. The van der Waals surface area contributed by atoms with Crippen molar-refractivity contribution in [2.24, 2.45) is 0 Å². The highest BCUT2D eigenvalue weighted by Crippen LogP contribution is 2.26. The first kappa shape index (κ1) is 13.1. The summed E-state index contributed by atoms with van der Waals surface area (Å²) in [6, 6.07) is 6.43. The van der Waals surface area contributed by atoms with Crippen LogP contribution in [0, 0.1) is 12.7 Å². The first-order valence-electron chi connectivity index (χ1n) is 5.54. The summed E-state index contributed by atoms with van der Waals surface area (Å²) < 4.78 is 13.7. The van der Waals surface area contributed by atoms with E-state index >= 15 is 0 Å². The van der Waals surface area contributed by atoms with E-state index in [0.29, 0.717) is 16.8 Å². The minimum absolute atomic E-state index is 0.284. The number of hydrogen-bond acceptors (Lipinski definition) is 3. The van der Waals surface area contributed by atoms with Crippen molar-refractivity contribution in [2.75, 3.05) is 7.05 Å². The van der Waals surface area contributed by atoms with Crippen LogP contribution in [0.1, 0.15) is 11.4 Å². The fourth-order valence-electron chi connectivity index (χ4n) is 1.70. The van der Waals surface area contributed by atoms with Gasteiger partial charge >= 0.3 is 0 Å². The fraction of sp³-hybridized carbons (Fsp3) is 0.231. The van der Waals surface area contributed by atoms with Crippen molar-refractivity contribution in [3.63, 3.8) is 0 Å². The van der Waals surface area contributed by atoms with Gasteiger partial charge in [0.2, 0.25) is 0 Å². The summed E-state index contributed by atoms with van der Waals surface area (Å²) in [5, 5.41) is 3.05.